The van der Waals surface area contributed by atoms with Crippen LogP contribution in [0, 0.1) is 13.8 Å². The van der Waals surface area contributed by atoms with Crippen LogP contribution in [0.5, 0.6) is 5.75 Å². The van der Waals surface area contributed by atoms with E-state index in [0.29, 0.717) is 26.2 Å². The Labute approximate surface area is 141 Å². The highest BCUT2D eigenvalue weighted by molar-refractivity contribution is 5.78. The first-order valence-electron chi connectivity index (χ1n) is 7.99. The van der Waals surface area contributed by atoms with Crippen LogP contribution < -0.4 is 9.64 Å². The zero-order valence-electron chi connectivity index (χ0n) is 14.3. The molecule has 128 valence electrons. The van der Waals surface area contributed by atoms with Gasteiger partial charge in [0.2, 0.25) is 5.95 Å². The lowest BCUT2D eigenvalue weighted by molar-refractivity contribution is -0.133. The van der Waals surface area contributed by atoms with E-state index in [1.165, 1.54) is 0 Å². The average molecular weight is 330 g/mol. The molecule has 1 aromatic heterocycles. The van der Waals surface area contributed by atoms with Crippen LogP contribution in [0.1, 0.15) is 11.1 Å². The lowest BCUT2D eigenvalue weighted by Crippen LogP contribution is -2.50. The van der Waals surface area contributed by atoms with Crippen LogP contribution in [-0.2, 0) is 11.8 Å². The van der Waals surface area contributed by atoms with Crippen LogP contribution in [0.3, 0.4) is 0 Å². The maximum atomic E-state index is 12.3. The summed E-state index contributed by atoms with van der Waals surface area (Å²) in [6, 6.07) is 5.97. The van der Waals surface area contributed by atoms with Gasteiger partial charge < -0.3 is 14.5 Å². The number of piperazine rings is 1. The van der Waals surface area contributed by atoms with Crippen LogP contribution in [0.25, 0.3) is 0 Å². The van der Waals surface area contributed by atoms with Gasteiger partial charge >= 0.3 is 0 Å². The van der Waals surface area contributed by atoms with Gasteiger partial charge in [0.05, 0.1) is 0 Å². The zero-order valence-corrected chi connectivity index (χ0v) is 14.3. The van der Waals surface area contributed by atoms with Crippen molar-refractivity contribution >= 4 is 11.9 Å². The van der Waals surface area contributed by atoms with Crippen molar-refractivity contribution < 1.29 is 9.53 Å². The molecule has 3 rings (SSSR count). The Hall–Kier alpha value is -2.64. The van der Waals surface area contributed by atoms with E-state index in [2.05, 4.69) is 26.5 Å². The van der Waals surface area contributed by atoms with E-state index in [1.54, 1.807) is 4.68 Å². The molecule has 1 aromatic carbocycles. The average Bonchev–Trinajstić information content (AvgIpc) is 2.98. The first-order chi connectivity index (χ1) is 11.5. The van der Waals surface area contributed by atoms with E-state index >= 15 is 0 Å². The fourth-order valence-electron chi connectivity index (χ4n) is 2.90. The Bertz CT molecular complexity index is 701. The Morgan fingerprint density at radius 3 is 2.38 bits per heavy atom. The predicted molar refractivity (Wildman–Crippen MR) is 89.0 cm³/mol. The van der Waals surface area contributed by atoms with Gasteiger partial charge in [-0.15, -0.1) is 0 Å². The first-order valence-corrected chi connectivity index (χ1v) is 7.99. The second-order valence-corrected chi connectivity index (χ2v) is 6.08. The maximum absolute atomic E-state index is 12.3. The van der Waals surface area contributed by atoms with Crippen molar-refractivity contribution in [3.63, 3.8) is 0 Å². The van der Waals surface area contributed by atoms with E-state index in [1.807, 2.05) is 37.9 Å². The number of nitrogens with zero attached hydrogens (tertiary/aromatic N) is 6. The topological polar surface area (TPSA) is 76.4 Å². The summed E-state index contributed by atoms with van der Waals surface area (Å²) in [5, 5.41) is 11.5. The highest BCUT2D eigenvalue weighted by Crippen LogP contribution is 2.16. The van der Waals surface area contributed by atoms with Crippen molar-refractivity contribution in [1.29, 1.82) is 0 Å². The molecule has 24 heavy (non-hydrogen) atoms. The molecule has 2 heterocycles. The van der Waals surface area contributed by atoms with E-state index in [0.717, 1.165) is 22.8 Å². The van der Waals surface area contributed by atoms with E-state index in [-0.39, 0.29) is 12.5 Å². The summed E-state index contributed by atoms with van der Waals surface area (Å²) >= 11 is 0. The molecule has 0 spiro atoms. The van der Waals surface area contributed by atoms with Crippen molar-refractivity contribution in [3.05, 3.63) is 29.3 Å². The number of hydrogen-bond donors (Lipinski definition) is 0. The summed E-state index contributed by atoms with van der Waals surface area (Å²) < 4.78 is 7.30. The van der Waals surface area contributed by atoms with Gasteiger partial charge in [0, 0.05) is 33.2 Å². The van der Waals surface area contributed by atoms with Gasteiger partial charge in [0.25, 0.3) is 5.91 Å². The maximum Gasteiger partial charge on any atom is 0.260 e. The van der Waals surface area contributed by atoms with Crippen molar-refractivity contribution in [2.45, 2.75) is 13.8 Å². The molecule has 1 fully saturated rings. The number of carbonyl (C=O) groups excluding carboxylic acids is 1. The van der Waals surface area contributed by atoms with Crippen LogP contribution in [0.15, 0.2) is 18.2 Å². The molecule has 2 aromatic rings. The lowest BCUT2D eigenvalue weighted by Gasteiger charge is -2.34. The first kappa shape index (κ1) is 16.2. The second kappa shape index (κ2) is 6.86. The Kier molecular flexibility index (Phi) is 4.64. The molecule has 0 bridgehead atoms. The van der Waals surface area contributed by atoms with Gasteiger partial charge in [0.1, 0.15) is 5.75 Å². The van der Waals surface area contributed by atoms with Gasteiger partial charge in [-0.25, -0.2) is 4.68 Å². The molecule has 0 unspecified atom stereocenters. The second-order valence-electron chi connectivity index (χ2n) is 6.08. The third-order valence-electron chi connectivity index (χ3n) is 4.07. The predicted octanol–water partition coefficient (Wildman–Crippen LogP) is 0.555. The number of ether oxygens (including phenoxy) is 1. The highest BCUT2D eigenvalue weighted by atomic mass is 16.5. The number of aromatic nitrogens is 4. The van der Waals surface area contributed by atoms with Crippen LogP contribution >= 0.6 is 0 Å². The molecule has 1 amide bonds. The number of anilines is 1. The van der Waals surface area contributed by atoms with E-state index in [4.69, 9.17) is 4.74 Å². The standard InChI is InChI=1S/C16H22N6O2/c1-12-8-13(2)10-14(9-12)24-11-15(23)21-4-6-22(7-5-21)16-17-18-19-20(16)3/h8-10H,4-7,11H2,1-3H3. The van der Waals surface area contributed by atoms with Crippen molar-refractivity contribution in [2.24, 2.45) is 7.05 Å². The lowest BCUT2D eigenvalue weighted by atomic mass is 10.1. The van der Waals surface area contributed by atoms with Crippen LogP contribution in [-0.4, -0.2) is 63.8 Å². The van der Waals surface area contributed by atoms with Gasteiger partial charge in [-0.3, -0.25) is 4.79 Å². The summed E-state index contributed by atoms with van der Waals surface area (Å²) in [5.41, 5.74) is 2.26. The highest BCUT2D eigenvalue weighted by Gasteiger charge is 2.24. The minimum absolute atomic E-state index is 0.00454. The molecule has 8 nitrogen and oxygen atoms in total. The summed E-state index contributed by atoms with van der Waals surface area (Å²) in [7, 11) is 1.81. The number of hydrogen-bond acceptors (Lipinski definition) is 6. The smallest absolute Gasteiger partial charge is 0.260 e. The fraction of sp³-hybridized carbons (Fsp3) is 0.500. The summed E-state index contributed by atoms with van der Waals surface area (Å²) in [6.07, 6.45) is 0. The number of benzene rings is 1. The Morgan fingerprint density at radius 1 is 1.12 bits per heavy atom. The van der Waals surface area contributed by atoms with E-state index < -0.39 is 0 Å². The van der Waals surface area contributed by atoms with Gasteiger partial charge in [-0.05, 0) is 47.5 Å². The normalized spacial score (nSPS) is 14.8. The fourth-order valence-corrected chi connectivity index (χ4v) is 2.90. The van der Waals surface area contributed by atoms with Crippen LogP contribution in [0.4, 0.5) is 5.95 Å². The molecule has 1 aliphatic rings. The third kappa shape index (κ3) is 3.64. The van der Waals surface area contributed by atoms with Crippen molar-refractivity contribution in [1.82, 2.24) is 25.1 Å². The molecule has 0 atom stereocenters. The van der Waals surface area contributed by atoms with E-state index in [9.17, 15) is 4.79 Å². The largest absolute Gasteiger partial charge is 0.484 e. The molecular formula is C16H22N6O2. The summed E-state index contributed by atoms with van der Waals surface area (Å²) in [4.78, 5) is 16.2. The number of aryl methyl sites for hydroxylation is 3. The molecule has 1 aliphatic heterocycles. The third-order valence-corrected chi connectivity index (χ3v) is 4.07. The Morgan fingerprint density at radius 2 is 1.79 bits per heavy atom. The summed E-state index contributed by atoms with van der Waals surface area (Å²) in [5.74, 6) is 1.48. The minimum atomic E-state index is 0.00454. The SMILES string of the molecule is Cc1cc(C)cc(OCC(=O)N2CCN(c3nnnn3C)CC2)c1. The van der Waals surface area contributed by atoms with Crippen molar-refractivity contribution in [2.75, 3.05) is 37.7 Å². The molecule has 0 N–H and O–H groups in total. The number of rotatable bonds is 4. The minimum Gasteiger partial charge on any atom is -0.484 e. The molecule has 1 saturated heterocycles. The zero-order chi connectivity index (χ0) is 17.1. The molecule has 8 heteroatoms. The van der Waals surface area contributed by atoms with Gasteiger partial charge in [0.15, 0.2) is 6.61 Å². The molecule has 0 radical (unpaired) electrons. The summed E-state index contributed by atoms with van der Waals surface area (Å²) in [6.45, 7) is 6.80. The molecule has 0 saturated carbocycles. The van der Waals surface area contributed by atoms with Gasteiger partial charge in [-0.1, -0.05) is 11.2 Å². The quantitative estimate of drug-likeness (QED) is 0.815. The number of tetrazole rings is 1. The monoisotopic (exact) mass is 330 g/mol. The number of carbonyl (C=O) groups is 1. The van der Waals surface area contributed by atoms with Crippen molar-refractivity contribution in [3.8, 4) is 5.75 Å². The van der Waals surface area contributed by atoms with Gasteiger partial charge in [-0.2, -0.15) is 0 Å². The molecule has 0 aliphatic carbocycles. The Balaban J connectivity index is 1.51. The molecular weight excluding hydrogens is 308 g/mol. The van der Waals surface area contributed by atoms with Crippen LogP contribution in [0.2, 0.25) is 0 Å². The number of amides is 1.